The number of benzene rings is 1. The van der Waals surface area contributed by atoms with Gasteiger partial charge in [0.1, 0.15) is 5.75 Å². The van der Waals surface area contributed by atoms with Crippen LogP contribution in [0.2, 0.25) is 0 Å². The number of hydrogen-bond donors (Lipinski definition) is 0. The lowest BCUT2D eigenvalue weighted by atomic mass is 9.77. The number of ether oxygens (including phenoxy) is 1. The van der Waals surface area contributed by atoms with E-state index in [1.54, 1.807) is 0 Å². The molecule has 1 nitrogen and oxygen atoms in total. The number of fused-ring (bicyclic) bond motifs is 1. The molecule has 2 aliphatic rings. The van der Waals surface area contributed by atoms with Gasteiger partial charge in [-0.2, -0.15) is 0 Å². The van der Waals surface area contributed by atoms with Gasteiger partial charge in [-0.15, -0.1) is 0 Å². The standard InChI is InChI=1S/C16H21BrO/c1-2-16(8-3-4-9-16)15(17)13-5-6-14-12(11-13)7-10-18-14/h5-6,11,15H,2-4,7-10H2,1H3. The third-order valence-corrected chi connectivity index (χ3v) is 6.35. The van der Waals surface area contributed by atoms with Crippen molar-refractivity contribution in [3.8, 4) is 5.75 Å². The van der Waals surface area contributed by atoms with Gasteiger partial charge in [0.05, 0.1) is 6.61 Å². The second kappa shape index (κ2) is 4.88. The zero-order chi connectivity index (χ0) is 12.6. The van der Waals surface area contributed by atoms with Crippen LogP contribution in [0.1, 0.15) is 55.0 Å². The van der Waals surface area contributed by atoms with Gasteiger partial charge in [0.2, 0.25) is 0 Å². The van der Waals surface area contributed by atoms with Crippen LogP contribution < -0.4 is 4.74 Å². The molecule has 0 radical (unpaired) electrons. The molecule has 1 aliphatic carbocycles. The van der Waals surface area contributed by atoms with Gasteiger partial charge < -0.3 is 4.74 Å². The van der Waals surface area contributed by atoms with Crippen molar-refractivity contribution in [2.45, 2.75) is 50.3 Å². The Labute approximate surface area is 118 Å². The average molecular weight is 309 g/mol. The Kier molecular flexibility index (Phi) is 3.40. The van der Waals surface area contributed by atoms with Crippen LogP contribution in [0.25, 0.3) is 0 Å². The molecule has 1 atom stereocenters. The minimum absolute atomic E-state index is 0.480. The van der Waals surface area contributed by atoms with Gasteiger partial charge in [-0.1, -0.05) is 47.8 Å². The Morgan fingerprint density at radius 1 is 1.33 bits per heavy atom. The summed E-state index contributed by atoms with van der Waals surface area (Å²) in [6.45, 7) is 3.20. The zero-order valence-electron chi connectivity index (χ0n) is 11.0. The first-order chi connectivity index (χ1) is 8.75. The number of hydrogen-bond acceptors (Lipinski definition) is 1. The highest BCUT2D eigenvalue weighted by atomic mass is 79.9. The summed E-state index contributed by atoms with van der Waals surface area (Å²) in [5, 5.41) is 0. The fourth-order valence-electron chi connectivity index (χ4n) is 3.58. The molecule has 1 saturated carbocycles. The average Bonchev–Trinajstić information content (AvgIpc) is 3.06. The lowest BCUT2D eigenvalue weighted by Crippen LogP contribution is -2.21. The summed E-state index contributed by atoms with van der Waals surface area (Å²) in [4.78, 5) is 0.503. The molecule has 1 fully saturated rings. The van der Waals surface area contributed by atoms with Gasteiger partial charge >= 0.3 is 0 Å². The van der Waals surface area contributed by atoms with Crippen molar-refractivity contribution in [3.05, 3.63) is 29.3 Å². The highest BCUT2D eigenvalue weighted by molar-refractivity contribution is 9.09. The molecule has 3 rings (SSSR count). The number of halogens is 1. The van der Waals surface area contributed by atoms with E-state index in [4.69, 9.17) is 4.74 Å². The molecule has 0 N–H and O–H groups in total. The second-order valence-corrected chi connectivity index (χ2v) is 6.67. The number of alkyl halides is 1. The molecule has 1 aliphatic heterocycles. The lowest BCUT2D eigenvalue weighted by Gasteiger charge is -2.33. The highest BCUT2D eigenvalue weighted by Crippen LogP contribution is 2.54. The van der Waals surface area contributed by atoms with E-state index in [2.05, 4.69) is 41.1 Å². The quantitative estimate of drug-likeness (QED) is 0.712. The Morgan fingerprint density at radius 3 is 2.83 bits per heavy atom. The molecule has 0 bridgehead atoms. The van der Waals surface area contributed by atoms with Crippen LogP contribution in [0.5, 0.6) is 5.75 Å². The van der Waals surface area contributed by atoms with E-state index in [9.17, 15) is 0 Å². The van der Waals surface area contributed by atoms with Crippen LogP contribution in [0.4, 0.5) is 0 Å². The maximum atomic E-state index is 5.59. The SMILES string of the molecule is CCC1(C(Br)c2ccc3c(c2)CCO3)CCCC1. The molecule has 0 amide bonds. The van der Waals surface area contributed by atoms with E-state index in [1.165, 1.54) is 43.2 Å². The molecule has 0 aromatic heterocycles. The van der Waals surface area contributed by atoms with Gasteiger partial charge in [-0.3, -0.25) is 0 Å². The van der Waals surface area contributed by atoms with Crippen molar-refractivity contribution < 1.29 is 4.74 Å². The third-order valence-electron chi connectivity index (χ3n) is 4.85. The van der Waals surface area contributed by atoms with Gasteiger partial charge in [-0.05, 0) is 41.9 Å². The molecule has 0 saturated heterocycles. The minimum atomic E-state index is 0.480. The first kappa shape index (κ1) is 12.5. The van der Waals surface area contributed by atoms with Gasteiger partial charge in [-0.25, -0.2) is 0 Å². The van der Waals surface area contributed by atoms with E-state index in [-0.39, 0.29) is 0 Å². The summed E-state index contributed by atoms with van der Waals surface area (Å²) in [5.74, 6) is 1.09. The normalized spacial score (nSPS) is 22.6. The third kappa shape index (κ3) is 1.99. The van der Waals surface area contributed by atoms with E-state index in [0.717, 1.165) is 18.8 Å². The Balaban J connectivity index is 1.89. The van der Waals surface area contributed by atoms with Crippen molar-refractivity contribution in [1.29, 1.82) is 0 Å². The predicted molar refractivity (Wildman–Crippen MR) is 78.5 cm³/mol. The lowest BCUT2D eigenvalue weighted by molar-refractivity contribution is 0.279. The van der Waals surface area contributed by atoms with Gasteiger partial charge in [0.15, 0.2) is 0 Å². The molecule has 1 aromatic rings. The van der Waals surface area contributed by atoms with Crippen molar-refractivity contribution in [1.82, 2.24) is 0 Å². The Morgan fingerprint density at radius 2 is 2.11 bits per heavy atom. The molecule has 1 unspecified atom stereocenters. The molecule has 2 heteroatoms. The van der Waals surface area contributed by atoms with Crippen LogP contribution in [0.3, 0.4) is 0 Å². The summed E-state index contributed by atoms with van der Waals surface area (Å²) in [6.07, 6.45) is 7.87. The monoisotopic (exact) mass is 308 g/mol. The fourth-order valence-corrected chi connectivity index (χ4v) is 4.65. The predicted octanol–water partition coefficient (Wildman–Crippen LogP) is 5.03. The molecule has 18 heavy (non-hydrogen) atoms. The summed E-state index contributed by atoms with van der Waals surface area (Å²) < 4.78 is 5.59. The van der Waals surface area contributed by atoms with Crippen LogP contribution in [0.15, 0.2) is 18.2 Å². The van der Waals surface area contributed by atoms with E-state index in [0.29, 0.717) is 10.2 Å². The van der Waals surface area contributed by atoms with E-state index in [1.807, 2.05) is 0 Å². The summed E-state index contributed by atoms with van der Waals surface area (Å²) >= 11 is 4.00. The fraction of sp³-hybridized carbons (Fsp3) is 0.625. The highest BCUT2D eigenvalue weighted by Gasteiger charge is 2.39. The largest absolute Gasteiger partial charge is 0.493 e. The first-order valence-electron chi connectivity index (χ1n) is 7.15. The zero-order valence-corrected chi connectivity index (χ0v) is 12.6. The van der Waals surface area contributed by atoms with Crippen LogP contribution in [-0.2, 0) is 6.42 Å². The molecule has 1 heterocycles. The minimum Gasteiger partial charge on any atom is -0.493 e. The number of rotatable bonds is 3. The molecule has 0 spiro atoms. The first-order valence-corrected chi connectivity index (χ1v) is 8.06. The summed E-state index contributed by atoms with van der Waals surface area (Å²) in [6, 6.07) is 6.76. The molecular formula is C16H21BrO. The Bertz CT molecular complexity index is 435. The van der Waals surface area contributed by atoms with Crippen LogP contribution in [-0.4, -0.2) is 6.61 Å². The van der Waals surface area contributed by atoms with Gasteiger partial charge in [0.25, 0.3) is 0 Å². The van der Waals surface area contributed by atoms with E-state index >= 15 is 0 Å². The summed E-state index contributed by atoms with van der Waals surface area (Å²) in [7, 11) is 0. The van der Waals surface area contributed by atoms with Crippen LogP contribution >= 0.6 is 15.9 Å². The molecule has 1 aromatic carbocycles. The topological polar surface area (TPSA) is 9.23 Å². The van der Waals surface area contributed by atoms with Crippen molar-refractivity contribution in [2.75, 3.05) is 6.61 Å². The second-order valence-electron chi connectivity index (χ2n) is 5.75. The Hall–Kier alpha value is -0.500. The van der Waals surface area contributed by atoms with Crippen LogP contribution in [0, 0.1) is 5.41 Å². The van der Waals surface area contributed by atoms with Gasteiger partial charge in [0, 0.05) is 11.2 Å². The maximum absolute atomic E-state index is 5.59. The maximum Gasteiger partial charge on any atom is 0.122 e. The van der Waals surface area contributed by atoms with Crippen molar-refractivity contribution in [3.63, 3.8) is 0 Å². The smallest absolute Gasteiger partial charge is 0.122 e. The molecule has 98 valence electrons. The van der Waals surface area contributed by atoms with Crippen molar-refractivity contribution >= 4 is 15.9 Å². The van der Waals surface area contributed by atoms with E-state index < -0.39 is 0 Å². The molecular weight excluding hydrogens is 288 g/mol. The van der Waals surface area contributed by atoms with Crippen molar-refractivity contribution in [2.24, 2.45) is 5.41 Å². The summed E-state index contributed by atoms with van der Waals surface area (Å²) in [5.41, 5.74) is 3.32.